The third-order valence-electron chi connectivity index (χ3n) is 5.85. The number of aliphatic carboxylic acids is 1. The molecule has 1 atom stereocenters. The summed E-state index contributed by atoms with van der Waals surface area (Å²) in [5.74, 6) is -0.790. The summed E-state index contributed by atoms with van der Waals surface area (Å²) in [6.07, 6.45) is 7.91. The van der Waals surface area contributed by atoms with Crippen LogP contribution >= 0.6 is 0 Å². The number of unbranched alkanes of at least 4 members (excludes halogenated alkanes) is 4. The second-order valence-corrected chi connectivity index (χ2v) is 8.07. The number of benzene rings is 2. The van der Waals surface area contributed by atoms with Gasteiger partial charge in [0.15, 0.2) is 0 Å². The van der Waals surface area contributed by atoms with E-state index in [0.717, 1.165) is 39.0 Å². The van der Waals surface area contributed by atoms with E-state index in [-0.39, 0.29) is 5.92 Å². The van der Waals surface area contributed by atoms with Crippen LogP contribution in [0.4, 0.5) is 11.4 Å². The standard InChI is InChI=1S/C25H34N2O2/c28-25(29)22-13-12-19-26(21-22)18-10-2-1-3-11-20-27(23-14-6-4-7-15-23)24-16-8-5-9-17-24/h4-9,14-17,22H,1-3,10-13,18-21H2,(H,28,29)/t22-/m1/s1. The monoisotopic (exact) mass is 394 g/mol. The van der Waals surface area contributed by atoms with Crippen molar-refractivity contribution in [1.82, 2.24) is 4.90 Å². The minimum atomic E-state index is -0.629. The van der Waals surface area contributed by atoms with E-state index in [0.29, 0.717) is 0 Å². The third kappa shape index (κ3) is 6.90. The van der Waals surface area contributed by atoms with Gasteiger partial charge in [0.25, 0.3) is 0 Å². The van der Waals surface area contributed by atoms with E-state index < -0.39 is 5.97 Å². The molecule has 3 rings (SSSR count). The number of carboxylic acids is 1. The maximum atomic E-state index is 11.2. The number of nitrogens with zero attached hydrogens (tertiary/aromatic N) is 2. The van der Waals surface area contributed by atoms with Crippen molar-refractivity contribution in [2.45, 2.75) is 44.9 Å². The van der Waals surface area contributed by atoms with Gasteiger partial charge < -0.3 is 14.9 Å². The minimum Gasteiger partial charge on any atom is -0.481 e. The molecule has 1 aliphatic heterocycles. The molecule has 2 aromatic carbocycles. The molecule has 2 aromatic rings. The molecule has 1 N–H and O–H groups in total. The number of piperidine rings is 1. The molecule has 0 radical (unpaired) electrons. The molecule has 0 amide bonds. The molecule has 0 saturated carbocycles. The van der Waals surface area contributed by atoms with Crippen molar-refractivity contribution in [2.24, 2.45) is 5.92 Å². The number of anilines is 2. The number of likely N-dealkylation sites (tertiary alicyclic amines) is 1. The first-order valence-corrected chi connectivity index (χ1v) is 11.1. The first-order valence-electron chi connectivity index (χ1n) is 11.1. The Balaban J connectivity index is 1.36. The van der Waals surface area contributed by atoms with Crippen LogP contribution in [-0.4, -0.2) is 42.2 Å². The Morgan fingerprint density at radius 3 is 2.10 bits per heavy atom. The number of rotatable bonds is 11. The van der Waals surface area contributed by atoms with Crippen LogP contribution in [0.15, 0.2) is 60.7 Å². The zero-order chi connectivity index (χ0) is 20.3. The minimum absolute atomic E-state index is 0.161. The van der Waals surface area contributed by atoms with E-state index in [4.69, 9.17) is 0 Å². The second kappa shape index (κ2) is 11.6. The summed E-state index contributed by atoms with van der Waals surface area (Å²) in [6, 6.07) is 21.2. The summed E-state index contributed by atoms with van der Waals surface area (Å²) in [6.45, 7) is 3.87. The Kier molecular flexibility index (Phi) is 8.57. The number of carbonyl (C=O) groups is 1. The van der Waals surface area contributed by atoms with Gasteiger partial charge in [0, 0.05) is 24.5 Å². The molecule has 1 fully saturated rings. The molecule has 29 heavy (non-hydrogen) atoms. The van der Waals surface area contributed by atoms with E-state index in [2.05, 4.69) is 70.5 Å². The van der Waals surface area contributed by atoms with Gasteiger partial charge in [0.2, 0.25) is 0 Å². The van der Waals surface area contributed by atoms with Gasteiger partial charge in [-0.15, -0.1) is 0 Å². The molecule has 0 aliphatic carbocycles. The Bertz CT molecular complexity index is 681. The first kappa shape index (κ1) is 21.4. The van der Waals surface area contributed by atoms with Gasteiger partial charge >= 0.3 is 5.97 Å². The lowest BCUT2D eigenvalue weighted by Gasteiger charge is -2.30. The molecule has 0 aromatic heterocycles. The van der Waals surface area contributed by atoms with Crippen molar-refractivity contribution in [3.05, 3.63) is 60.7 Å². The molecule has 156 valence electrons. The van der Waals surface area contributed by atoms with E-state index in [1.807, 2.05) is 0 Å². The first-order chi connectivity index (χ1) is 14.2. The van der Waals surface area contributed by atoms with Gasteiger partial charge in [-0.25, -0.2) is 0 Å². The van der Waals surface area contributed by atoms with Crippen molar-refractivity contribution >= 4 is 17.3 Å². The zero-order valence-corrected chi connectivity index (χ0v) is 17.4. The van der Waals surface area contributed by atoms with Crippen LogP contribution < -0.4 is 4.90 Å². The Hall–Kier alpha value is -2.33. The highest BCUT2D eigenvalue weighted by atomic mass is 16.4. The third-order valence-corrected chi connectivity index (χ3v) is 5.85. The second-order valence-electron chi connectivity index (χ2n) is 8.07. The van der Waals surface area contributed by atoms with Crippen LogP contribution in [-0.2, 0) is 4.79 Å². The lowest BCUT2D eigenvalue weighted by Crippen LogP contribution is -2.39. The van der Waals surface area contributed by atoms with Gasteiger partial charge in [0.1, 0.15) is 0 Å². The fourth-order valence-corrected chi connectivity index (χ4v) is 4.22. The highest BCUT2D eigenvalue weighted by Gasteiger charge is 2.24. The highest BCUT2D eigenvalue weighted by molar-refractivity contribution is 5.70. The molecular weight excluding hydrogens is 360 g/mol. The van der Waals surface area contributed by atoms with Crippen LogP contribution in [0, 0.1) is 5.92 Å². The molecule has 0 unspecified atom stereocenters. The Morgan fingerprint density at radius 2 is 1.48 bits per heavy atom. The highest BCUT2D eigenvalue weighted by Crippen LogP contribution is 2.25. The molecule has 1 saturated heterocycles. The maximum Gasteiger partial charge on any atom is 0.307 e. The van der Waals surface area contributed by atoms with Crippen molar-refractivity contribution in [3.63, 3.8) is 0 Å². The molecule has 1 heterocycles. The van der Waals surface area contributed by atoms with E-state index in [1.165, 1.54) is 43.5 Å². The van der Waals surface area contributed by atoms with Crippen LogP contribution in [0.25, 0.3) is 0 Å². The lowest BCUT2D eigenvalue weighted by molar-refractivity contribution is -0.143. The molecule has 0 bridgehead atoms. The molecule has 4 heteroatoms. The van der Waals surface area contributed by atoms with Crippen molar-refractivity contribution in [2.75, 3.05) is 31.1 Å². The van der Waals surface area contributed by atoms with Gasteiger partial charge in [-0.05, 0) is 63.0 Å². The van der Waals surface area contributed by atoms with Crippen LogP contribution in [0.2, 0.25) is 0 Å². The molecule has 4 nitrogen and oxygen atoms in total. The van der Waals surface area contributed by atoms with Gasteiger partial charge in [-0.3, -0.25) is 4.79 Å². The van der Waals surface area contributed by atoms with Gasteiger partial charge in [0.05, 0.1) is 5.92 Å². The van der Waals surface area contributed by atoms with Crippen molar-refractivity contribution in [3.8, 4) is 0 Å². The molecule has 1 aliphatic rings. The zero-order valence-electron chi connectivity index (χ0n) is 17.4. The Labute approximate surface area is 175 Å². The number of hydrogen-bond acceptors (Lipinski definition) is 3. The van der Waals surface area contributed by atoms with Crippen molar-refractivity contribution in [1.29, 1.82) is 0 Å². The lowest BCUT2D eigenvalue weighted by atomic mass is 9.98. The fraction of sp³-hybridized carbons (Fsp3) is 0.480. The Morgan fingerprint density at radius 1 is 0.897 bits per heavy atom. The van der Waals surface area contributed by atoms with Gasteiger partial charge in [-0.1, -0.05) is 55.7 Å². The average Bonchev–Trinajstić information content (AvgIpc) is 2.77. The largest absolute Gasteiger partial charge is 0.481 e. The summed E-state index contributed by atoms with van der Waals surface area (Å²) in [7, 11) is 0. The number of para-hydroxylation sites is 2. The summed E-state index contributed by atoms with van der Waals surface area (Å²) in [5.41, 5.74) is 2.49. The van der Waals surface area contributed by atoms with Crippen molar-refractivity contribution < 1.29 is 9.90 Å². The normalized spacial score (nSPS) is 17.2. The van der Waals surface area contributed by atoms with Gasteiger partial charge in [-0.2, -0.15) is 0 Å². The molecule has 0 spiro atoms. The summed E-state index contributed by atoms with van der Waals surface area (Å²) in [4.78, 5) is 15.9. The smallest absolute Gasteiger partial charge is 0.307 e. The fourth-order valence-electron chi connectivity index (χ4n) is 4.22. The maximum absolute atomic E-state index is 11.2. The topological polar surface area (TPSA) is 43.8 Å². The number of hydrogen-bond donors (Lipinski definition) is 1. The predicted octanol–water partition coefficient (Wildman–Crippen LogP) is 5.57. The van der Waals surface area contributed by atoms with E-state index >= 15 is 0 Å². The summed E-state index contributed by atoms with van der Waals surface area (Å²) >= 11 is 0. The quantitative estimate of drug-likeness (QED) is 0.506. The van der Waals surface area contributed by atoms with Crippen LogP contribution in [0.1, 0.15) is 44.9 Å². The number of carboxylic acid groups (broad SMARTS) is 1. The van der Waals surface area contributed by atoms with Crippen LogP contribution in [0.3, 0.4) is 0 Å². The average molecular weight is 395 g/mol. The predicted molar refractivity (Wildman–Crippen MR) is 120 cm³/mol. The SMILES string of the molecule is O=C(O)[C@@H]1CCCN(CCCCCCCN(c2ccccc2)c2ccccc2)C1. The van der Waals surface area contributed by atoms with E-state index in [9.17, 15) is 9.90 Å². The van der Waals surface area contributed by atoms with Crippen LogP contribution in [0.5, 0.6) is 0 Å². The molecular formula is C25H34N2O2. The summed E-state index contributed by atoms with van der Waals surface area (Å²) in [5, 5.41) is 9.20. The summed E-state index contributed by atoms with van der Waals surface area (Å²) < 4.78 is 0. The van der Waals surface area contributed by atoms with E-state index in [1.54, 1.807) is 0 Å².